The van der Waals surface area contributed by atoms with E-state index >= 15 is 0 Å². The van der Waals surface area contributed by atoms with Crippen molar-refractivity contribution in [2.45, 2.75) is 19.3 Å². The highest BCUT2D eigenvalue weighted by atomic mass is 35.5. The van der Waals surface area contributed by atoms with Gasteiger partial charge in [0.15, 0.2) is 5.78 Å². The van der Waals surface area contributed by atoms with Crippen LogP contribution in [0, 0.1) is 12.7 Å². The molecule has 0 radical (unpaired) electrons. The van der Waals surface area contributed by atoms with Crippen LogP contribution >= 0.6 is 22.9 Å². The minimum Gasteiger partial charge on any atom is -0.310 e. The van der Waals surface area contributed by atoms with E-state index in [1.54, 1.807) is 31.2 Å². The number of nitrogens with zero attached hydrogens (tertiary/aromatic N) is 2. The van der Waals surface area contributed by atoms with Gasteiger partial charge in [-0.15, -0.1) is 11.3 Å². The molecule has 0 saturated heterocycles. The van der Waals surface area contributed by atoms with Crippen LogP contribution < -0.4 is 5.32 Å². The molecule has 5 nitrogen and oxygen atoms in total. The molecule has 0 aliphatic carbocycles. The number of ketones is 1. The van der Waals surface area contributed by atoms with Crippen molar-refractivity contribution in [3.63, 3.8) is 0 Å². The summed E-state index contributed by atoms with van der Waals surface area (Å²) in [5.41, 5.74) is 1.75. The van der Waals surface area contributed by atoms with Gasteiger partial charge in [0.25, 0.3) is 0 Å². The fourth-order valence-corrected chi connectivity index (χ4v) is 4.22. The van der Waals surface area contributed by atoms with Crippen molar-refractivity contribution in [2.75, 3.05) is 5.32 Å². The molecule has 0 spiro atoms. The van der Waals surface area contributed by atoms with Crippen LogP contribution in [-0.4, -0.2) is 21.5 Å². The quantitative estimate of drug-likeness (QED) is 0.677. The highest BCUT2D eigenvalue weighted by Gasteiger charge is 2.36. The summed E-state index contributed by atoms with van der Waals surface area (Å²) in [6, 6.07) is 9.22. The molecule has 3 heterocycles. The third-order valence-electron chi connectivity index (χ3n) is 4.29. The molecule has 8 heteroatoms. The number of anilines is 1. The molecule has 1 N–H and O–H groups in total. The van der Waals surface area contributed by atoms with E-state index in [0.717, 1.165) is 0 Å². The van der Waals surface area contributed by atoms with Gasteiger partial charge in [0.2, 0.25) is 5.91 Å². The lowest BCUT2D eigenvalue weighted by atomic mass is 9.87. The van der Waals surface area contributed by atoms with Crippen LogP contribution in [0.25, 0.3) is 5.69 Å². The Hall–Kier alpha value is -2.51. The second-order valence-corrected chi connectivity index (χ2v) is 7.73. The minimum absolute atomic E-state index is 0.0387. The number of halogens is 2. The highest BCUT2D eigenvalue weighted by Crippen LogP contribution is 2.39. The molecule has 0 unspecified atom stereocenters. The average molecular weight is 390 g/mol. The molecule has 0 fully saturated rings. The summed E-state index contributed by atoms with van der Waals surface area (Å²) in [6.45, 7) is 1.77. The van der Waals surface area contributed by atoms with Gasteiger partial charge >= 0.3 is 0 Å². The average Bonchev–Trinajstić information content (AvgIpc) is 3.17. The molecule has 1 atom stereocenters. The number of carbonyl (C=O) groups excluding carboxylic acids is 2. The number of rotatable bonds is 3. The van der Waals surface area contributed by atoms with Crippen LogP contribution in [-0.2, 0) is 4.79 Å². The van der Waals surface area contributed by atoms with E-state index in [1.807, 2.05) is 0 Å². The lowest BCUT2D eigenvalue weighted by Crippen LogP contribution is -2.28. The molecule has 1 aliphatic heterocycles. The maximum Gasteiger partial charge on any atom is 0.226 e. The van der Waals surface area contributed by atoms with Crippen molar-refractivity contribution in [1.29, 1.82) is 0 Å². The molecule has 4 rings (SSSR count). The van der Waals surface area contributed by atoms with Gasteiger partial charge in [-0.3, -0.25) is 9.59 Å². The molecular formula is C18H13ClFN3O2S. The number of nitrogens with one attached hydrogen (secondary N) is 1. The number of benzene rings is 1. The van der Waals surface area contributed by atoms with Crippen LogP contribution in [0.5, 0.6) is 0 Å². The normalized spacial score (nSPS) is 16.3. The molecule has 0 saturated carbocycles. The molecule has 2 aromatic heterocycles. The number of aromatic nitrogens is 2. The van der Waals surface area contributed by atoms with E-state index in [9.17, 15) is 14.0 Å². The molecular weight excluding hydrogens is 377 g/mol. The van der Waals surface area contributed by atoms with Crippen LogP contribution in [0.15, 0.2) is 36.4 Å². The van der Waals surface area contributed by atoms with Gasteiger partial charge in [0, 0.05) is 12.0 Å². The number of thiophene rings is 1. The number of aryl methyl sites for hydroxylation is 1. The fraction of sp³-hybridized carbons (Fsp3) is 0.167. The molecule has 1 aliphatic rings. The number of fused-ring (bicyclic) bond motifs is 1. The Morgan fingerprint density at radius 3 is 2.88 bits per heavy atom. The van der Waals surface area contributed by atoms with E-state index in [-0.39, 0.29) is 18.1 Å². The summed E-state index contributed by atoms with van der Waals surface area (Å²) in [5, 5.41) is 7.20. The van der Waals surface area contributed by atoms with Gasteiger partial charge in [-0.1, -0.05) is 17.7 Å². The topological polar surface area (TPSA) is 64.0 Å². The molecule has 3 aromatic rings. The molecule has 26 heavy (non-hydrogen) atoms. The summed E-state index contributed by atoms with van der Waals surface area (Å²) in [4.78, 5) is 25.7. The Kier molecular flexibility index (Phi) is 4.13. The van der Waals surface area contributed by atoms with E-state index in [2.05, 4.69) is 10.4 Å². The molecule has 0 bridgehead atoms. The van der Waals surface area contributed by atoms with Crippen molar-refractivity contribution in [3.05, 3.63) is 62.7 Å². The summed E-state index contributed by atoms with van der Waals surface area (Å²) in [5.74, 6) is -1.09. The Balaban J connectivity index is 1.83. The summed E-state index contributed by atoms with van der Waals surface area (Å²) < 4.78 is 15.6. The van der Waals surface area contributed by atoms with Crippen molar-refractivity contribution >= 4 is 40.4 Å². The molecule has 1 amide bonds. The maximum absolute atomic E-state index is 13.6. The summed E-state index contributed by atoms with van der Waals surface area (Å²) >= 11 is 7.12. The lowest BCUT2D eigenvalue weighted by molar-refractivity contribution is -0.116. The van der Waals surface area contributed by atoms with Crippen LogP contribution in [0.1, 0.15) is 33.3 Å². The number of carbonyl (C=O) groups is 2. The maximum atomic E-state index is 13.6. The van der Waals surface area contributed by atoms with Gasteiger partial charge in [-0.05, 0) is 37.3 Å². The number of Topliss-reactive ketones (excluding diaryl/α,β-unsaturated/α-hetero) is 1. The van der Waals surface area contributed by atoms with Gasteiger partial charge in [-0.25, -0.2) is 9.07 Å². The second kappa shape index (κ2) is 6.34. The first-order chi connectivity index (χ1) is 12.4. The Bertz CT molecular complexity index is 1040. The minimum atomic E-state index is -0.643. The third kappa shape index (κ3) is 2.83. The van der Waals surface area contributed by atoms with E-state index < -0.39 is 11.7 Å². The van der Waals surface area contributed by atoms with Crippen LogP contribution in [0.2, 0.25) is 4.34 Å². The van der Waals surface area contributed by atoms with Crippen LogP contribution in [0.4, 0.5) is 10.2 Å². The zero-order valence-electron chi connectivity index (χ0n) is 13.6. The summed E-state index contributed by atoms with van der Waals surface area (Å²) in [6.07, 6.45) is 0.0387. The van der Waals surface area contributed by atoms with Gasteiger partial charge in [0.1, 0.15) is 11.6 Å². The SMILES string of the molecule is Cc1nn(-c2cccc(F)c2)c2c1[C@@H](C(=O)c1ccc(Cl)s1)CC(=O)N2. The second-order valence-electron chi connectivity index (χ2n) is 6.01. The number of hydrogen-bond donors (Lipinski definition) is 1. The molecule has 132 valence electrons. The van der Waals surface area contributed by atoms with Gasteiger partial charge < -0.3 is 5.32 Å². The predicted octanol–water partition coefficient (Wildman–Crippen LogP) is 4.34. The first kappa shape index (κ1) is 16.9. The van der Waals surface area contributed by atoms with Crippen molar-refractivity contribution < 1.29 is 14.0 Å². The zero-order chi connectivity index (χ0) is 18.4. The monoisotopic (exact) mass is 389 g/mol. The third-order valence-corrected chi connectivity index (χ3v) is 5.53. The van der Waals surface area contributed by atoms with Gasteiger partial charge in [-0.2, -0.15) is 5.10 Å². The Labute approximate surface area is 157 Å². The van der Waals surface area contributed by atoms with Crippen molar-refractivity contribution in [1.82, 2.24) is 9.78 Å². The van der Waals surface area contributed by atoms with Crippen molar-refractivity contribution in [3.8, 4) is 5.69 Å². The standard InChI is InChI=1S/C18H13ClFN3O2S/c1-9-16-12(17(25)13-5-6-14(19)26-13)8-15(24)21-18(16)23(22-9)11-4-2-3-10(20)7-11/h2-7,12H,8H2,1H3,(H,21,24)/t12-/m0/s1. The van der Waals surface area contributed by atoms with E-state index in [1.165, 1.54) is 28.2 Å². The number of hydrogen-bond acceptors (Lipinski definition) is 4. The zero-order valence-corrected chi connectivity index (χ0v) is 15.2. The van der Waals surface area contributed by atoms with Crippen LogP contribution in [0.3, 0.4) is 0 Å². The first-order valence-corrected chi connectivity index (χ1v) is 9.08. The van der Waals surface area contributed by atoms with E-state index in [4.69, 9.17) is 11.6 Å². The Morgan fingerprint density at radius 2 is 2.19 bits per heavy atom. The van der Waals surface area contributed by atoms with E-state index in [0.29, 0.717) is 32.0 Å². The highest BCUT2D eigenvalue weighted by molar-refractivity contribution is 7.18. The largest absolute Gasteiger partial charge is 0.310 e. The molecule has 1 aromatic carbocycles. The smallest absolute Gasteiger partial charge is 0.226 e. The number of amides is 1. The predicted molar refractivity (Wildman–Crippen MR) is 97.9 cm³/mol. The Morgan fingerprint density at radius 1 is 1.38 bits per heavy atom. The fourth-order valence-electron chi connectivity index (χ4n) is 3.18. The van der Waals surface area contributed by atoms with Gasteiger partial charge in [0.05, 0.1) is 26.5 Å². The summed E-state index contributed by atoms with van der Waals surface area (Å²) in [7, 11) is 0. The first-order valence-electron chi connectivity index (χ1n) is 7.89. The van der Waals surface area contributed by atoms with Crippen molar-refractivity contribution in [2.24, 2.45) is 0 Å². The lowest BCUT2D eigenvalue weighted by Gasteiger charge is -2.22.